The van der Waals surface area contributed by atoms with Gasteiger partial charge >= 0.3 is 0 Å². The third-order valence-electron chi connectivity index (χ3n) is 2.96. The predicted molar refractivity (Wildman–Crippen MR) is 73.4 cm³/mol. The molecule has 0 saturated carbocycles. The van der Waals surface area contributed by atoms with Crippen LogP contribution in [0, 0.1) is 5.92 Å². The van der Waals surface area contributed by atoms with E-state index >= 15 is 0 Å². The standard InChI is InChI=1S/C16H24/c1-5-15-8-10-16(11-9-15)12-14(4)7-6-13(2)3/h6-10,16H,5,11-12H2,1-4H3/b14-7+. The first-order valence-electron chi connectivity index (χ1n) is 6.29. The SMILES string of the molecule is CCC1=CCC(C/C(C)=C/C=C(C)C)C=C1. The van der Waals surface area contributed by atoms with Crippen LogP contribution >= 0.6 is 0 Å². The fourth-order valence-electron chi connectivity index (χ4n) is 1.91. The average molecular weight is 216 g/mol. The number of rotatable bonds is 4. The van der Waals surface area contributed by atoms with Gasteiger partial charge in [0, 0.05) is 0 Å². The molecule has 1 aliphatic rings. The van der Waals surface area contributed by atoms with Crippen molar-refractivity contribution in [3.8, 4) is 0 Å². The molecular formula is C16H24. The Hall–Kier alpha value is -1.04. The largest absolute Gasteiger partial charge is 0.0807 e. The molecule has 1 atom stereocenters. The Kier molecular flexibility index (Phi) is 5.31. The molecular weight excluding hydrogens is 192 g/mol. The van der Waals surface area contributed by atoms with E-state index in [4.69, 9.17) is 0 Å². The van der Waals surface area contributed by atoms with Gasteiger partial charge in [-0.15, -0.1) is 0 Å². The second-order valence-electron chi connectivity index (χ2n) is 4.95. The van der Waals surface area contributed by atoms with E-state index in [0.717, 1.165) is 6.42 Å². The van der Waals surface area contributed by atoms with E-state index in [1.165, 1.54) is 29.6 Å². The van der Waals surface area contributed by atoms with E-state index in [2.05, 4.69) is 58.1 Å². The summed E-state index contributed by atoms with van der Waals surface area (Å²) in [5, 5.41) is 0. The fourth-order valence-corrected chi connectivity index (χ4v) is 1.91. The molecule has 16 heavy (non-hydrogen) atoms. The van der Waals surface area contributed by atoms with Crippen molar-refractivity contribution in [3.63, 3.8) is 0 Å². The molecule has 1 aliphatic carbocycles. The van der Waals surface area contributed by atoms with Crippen LogP contribution in [0.1, 0.15) is 47.0 Å². The van der Waals surface area contributed by atoms with Crippen LogP contribution in [-0.2, 0) is 0 Å². The van der Waals surface area contributed by atoms with Gasteiger partial charge in [-0.1, -0.05) is 54.0 Å². The maximum Gasteiger partial charge on any atom is -0.0158 e. The molecule has 1 rings (SSSR count). The summed E-state index contributed by atoms with van der Waals surface area (Å²) in [6.07, 6.45) is 15.1. The Morgan fingerprint density at radius 2 is 2.06 bits per heavy atom. The minimum absolute atomic E-state index is 0.706. The van der Waals surface area contributed by atoms with Crippen LogP contribution in [0.3, 0.4) is 0 Å². The van der Waals surface area contributed by atoms with Crippen molar-refractivity contribution in [2.45, 2.75) is 47.0 Å². The zero-order chi connectivity index (χ0) is 12.0. The lowest BCUT2D eigenvalue weighted by Crippen LogP contribution is -2.00. The van der Waals surface area contributed by atoms with Crippen LogP contribution in [0.15, 0.2) is 47.1 Å². The number of hydrogen-bond donors (Lipinski definition) is 0. The molecule has 0 aromatic rings. The van der Waals surface area contributed by atoms with Gasteiger partial charge in [-0.2, -0.15) is 0 Å². The van der Waals surface area contributed by atoms with Gasteiger partial charge in [0.2, 0.25) is 0 Å². The highest BCUT2D eigenvalue weighted by Gasteiger charge is 2.08. The Labute approximate surface area is 100 Å². The van der Waals surface area contributed by atoms with Gasteiger partial charge in [0.05, 0.1) is 0 Å². The maximum atomic E-state index is 2.39. The molecule has 88 valence electrons. The normalized spacial score (nSPS) is 20.6. The Morgan fingerprint density at radius 3 is 2.56 bits per heavy atom. The van der Waals surface area contributed by atoms with Crippen molar-refractivity contribution >= 4 is 0 Å². The molecule has 0 radical (unpaired) electrons. The van der Waals surface area contributed by atoms with Crippen LogP contribution in [0.4, 0.5) is 0 Å². The first kappa shape index (κ1) is 13.0. The van der Waals surface area contributed by atoms with Crippen molar-refractivity contribution < 1.29 is 0 Å². The summed E-state index contributed by atoms with van der Waals surface area (Å²) in [6, 6.07) is 0. The number of allylic oxidation sites excluding steroid dienone is 8. The molecule has 0 spiro atoms. The van der Waals surface area contributed by atoms with Gasteiger partial charge in [-0.05, 0) is 46.0 Å². The lowest BCUT2D eigenvalue weighted by atomic mass is 9.90. The topological polar surface area (TPSA) is 0 Å². The Morgan fingerprint density at radius 1 is 1.31 bits per heavy atom. The first-order valence-corrected chi connectivity index (χ1v) is 6.29. The van der Waals surface area contributed by atoms with Crippen LogP contribution in [0.25, 0.3) is 0 Å². The number of hydrogen-bond acceptors (Lipinski definition) is 0. The quantitative estimate of drug-likeness (QED) is 0.566. The molecule has 0 saturated heterocycles. The van der Waals surface area contributed by atoms with Gasteiger partial charge < -0.3 is 0 Å². The first-order chi connectivity index (χ1) is 7.61. The summed E-state index contributed by atoms with van der Waals surface area (Å²) in [5.41, 5.74) is 4.33. The molecule has 0 aromatic carbocycles. The van der Waals surface area contributed by atoms with E-state index in [-0.39, 0.29) is 0 Å². The van der Waals surface area contributed by atoms with E-state index < -0.39 is 0 Å². The highest BCUT2D eigenvalue weighted by Crippen LogP contribution is 2.23. The summed E-state index contributed by atoms with van der Waals surface area (Å²) in [6.45, 7) is 8.73. The second-order valence-corrected chi connectivity index (χ2v) is 4.95. The van der Waals surface area contributed by atoms with Crippen molar-refractivity contribution in [2.75, 3.05) is 0 Å². The van der Waals surface area contributed by atoms with Crippen LogP contribution in [-0.4, -0.2) is 0 Å². The predicted octanol–water partition coefficient (Wildman–Crippen LogP) is 5.20. The van der Waals surface area contributed by atoms with E-state index in [0.29, 0.717) is 5.92 Å². The van der Waals surface area contributed by atoms with Crippen molar-refractivity contribution in [1.82, 2.24) is 0 Å². The minimum atomic E-state index is 0.706. The average Bonchev–Trinajstić information content (AvgIpc) is 2.27. The third kappa shape index (κ3) is 4.65. The smallest absolute Gasteiger partial charge is 0.0158 e. The van der Waals surface area contributed by atoms with Gasteiger partial charge in [0.25, 0.3) is 0 Å². The summed E-state index contributed by atoms with van der Waals surface area (Å²) in [7, 11) is 0. The molecule has 0 aromatic heterocycles. The minimum Gasteiger partial charge on any atom is -0.0807 e. The molecule has 0 nitrogen and oxygen atoms in total. The molecule has 0 bridgehead atoms. The molecule has 0 N–H and O–H groups in total. The van der Waals surface area contributed by atoms with E-state index in [9.17, 15) is 0 Å². The van der Waals surface area contributed by atoms with Gasteiger partial charge in [0.1, 0.15) is 0 Å². The van der Waals surface area contributed by atoms with Crippen molar-refractivity contribution in [2.24, 2.45) is 5.92 Å². The third-order valence-corrected chi connectivity index (χ3v) is 2.96. The molecule has 0 heterocycles. The lowest BCUT2D eigenvalue weighted by molar-refractivity contribution is 0.642. The summed E-state index contributed by atoms with van der Waals surface area (Å²) < 4.78 is 0. The zero-order valence-electron chi connectivity index (χ0n) is 11.1. The molecule has 0 amide bonds. The second kappa shape index (κ2) is 6.52. The highest BCUT2D eigenvalue weighted by atomic mass is 14.1. The van der Waals surface area contributed by atoms with Gasteiger partial charge in [-0.25, -0.2) is 0 Å². The van der Waals surface area contributed by atoms with Gasteiger partial charge in [0.15, 0.2) is 0 Å². The molecule has 0 fully saturated rings. The highest BCUT2D eigenvalue weighted by molar-refractivity contribution is 5.24. The molecule has 0 aliphatic heterocycles. The monoisotopic (exact) mass is 216 g/mol. The fraction of sp³-hybridized carbons (Fsp3) is 0.500. The maximum absolute atomic E-state index is 2.39. The summed E-state index contributed by atoms with van der Waals surface area (Å²) >= 11 is 0. The summed E-state index contributed by atoms with van der Waals surface area (Å²) in [4.78, 5) is 0. The molecule has 1 unspecified atom stereocenters. The van der Waals surface area contributed by atoms with Crippen molar-refractivity contribution in [3.05, 3.63) is 47.1 Å². The zero-order valence-corrected chi connectivity index (χ0v) is 11.1. The van der Waals surface area contributed by atoms with Crippen molar-refractivity contribution in [1.29, 1.82) is 0 Å². The van der Waals surface area contributed by atoms with E-state index in [1.807, 2.05) is 0 Å². The molecule has 0 heteroatoms. The Balaban J connectivity index is 2.46. The summed E-state index contributed by atoms with van der Waals surface area (Å²) in [5.74, 6) is 0.706. The van der Waals surface area contributed by atoms with Crippen LogP contribution < -0.4 is 0 Å². The van der Waals surface area contributed by atoms with Crippen LogP contribution in [0.2, 0.25) is 0 Å². The Bertz CT molecular complexity index is 333. The lowest BCUT2D eigenvalue weighted by Gasteiger charge is -2.15. The van der Waals surface area contributed by atoms with Crippen LogP contribution in [0.5, 0.6) is 0 Å². The van der Waals surface area contributed by atoms with Gasteiger partial charge in [-0.3, -0.25) is 0 Å². The van der Waals surface area contributed by atoms with E-state index in [1.54, 1.807) is 0 Å².